The quantitative estimate of drug-likeness (QED) is 0.255. The summed E-state index contributed by atoms with van der Waals surface area (Å²) in [6, 6.07) is 0. The highest BCUT2D eigenvalue weighted by molar-refractivity contribution is 9.26. The summed E-state index contributed by atoms with van der Waals surface area (Å²) in [6.45, 7) is 2.95. The van der Waals surface area contributed by atoms with E-state index in [1.807, 2.05) is 0 Å². The zero-order valence-corrected chi connectivity index (χ0v) is 12.4. The van der Waals surface area contributed by atoms with Crippen molar-refractivity contribution >= 4 is 43.7 Å². The molecule has 0 aromatic carbocycles. The highest BCUT2D eigenvalue weighted by Crippen LogP contribution is 2.47. The Morgan fingerprint density at radius 1 is 1.56 bits per heavy atom. The lowest BCUT2D eigenvalue weighted by molar-refractivity contribution is -0.775. The molecule has 0 radical (unpaired) electrons. The van der Waals surface area contributed by atoms with Crippen molar-refractivity contribution < 1.29 is 24.6 Å². The molecule has 1 amide bonds. The number of rotatable bonds is 4. The molecule has 1 atom stereocenters. The van der Waals surface area contributed by atoms with Gasteiger partial charge in [0.05, 0.1) is 0 Å². The van der Waals surface area contributed by atoms with Crippen LogP contribution in [0.3, 0.4) is 0 Å². The number of halogens is 2. The van der Waals surface area contributed by atoms with Gasteiger partial charge in [0.2, 0.25) is 9.46 Å². The first kappa shape index (κ1) is 14.9. The van der Waals surface area contributed by atoms with E-state index in [2.05, 4.69) is 36.7 Å². The Balaban J connectivity index is 3.15. The molecule has 0 spiro atoms. The molecule has 0 aromatic heterocycles. The lowest BCUT2D eigenvalue weighted by atomic mass is 10.1. The largest absolute Gasteiger partial charge is 0.477 e. The maximum absolute atomic E-state index is 11.8. The smallest absolute Gasteiger partial charge is 0.352 e. The third-order valence-electron chi connectivity index (χ3n) is 2.15. The summed E-state index contributed by atoms with van der Waals surface area (Å²) in [5.74, 6) is -2.05. The van der Waals surface area contributed by atoms with Gasteiger partial charge in [0, 0.05) is 0 Å². The SMILES string of the molecule is CC(C)=C(C(=O)O)N1C(=O)C(Br)(Br)C1O[N+](=O)[O-]. The number of carboxylic acids is 1. The minimum Gasteiger partial charge on any atom is -0.477 e. The molecule has 1 rings (SSSR count). The molecule has 10 heteroatoms. The standard InChI is InChI=1S/C8H8Br2N2O6/c1-3(2)4(5(13)14)11-6(15)8(9,10)7(11)18-12(16)17/h7H,1-2H3,(H,13,14). The van der Waals surface area contributed by atoms with E-state index in [0.29, 0.717) is 10.5 Å². The maximum Gasteiger partial charge on any atom is 0.352 e. The van der Waals surface area contributed by atoms with Crippen molar-refractivity contribution in [3.8, 4) is 0 Å². The van der Waals surface area contributed by atoms with Gasteiger partial charge in [-0.1, -0.05) is 31.9 Å². The van der Waals surface area contributed by atoms with E-state index >= 15 is 0 Å². The van der Waals surface area contributed by atoms with E-state index in [1.165, 1.54) is 13.8 Å². The first-order valence-corrected chi connectivity index (χ1v) is 6.12. The third-order valence-corrected chi connectivity index (χ3v) is 3.61. The van der Waals surface area contributed by atoms with Crippen LogP contribution in [0.4, 0.5) is 0 Å². The zero-order chi connectivity index (χ0) is 14.2. The van der Waals surface area contributed by atoms with Crippen LogP contribution in [0.5, 0.6) is 0 Å². The van der Waals surface area contributed by atoms with Gasteiger partial charge in [0.25, 0.3) is 11.0 Å². The minimum absolute atomic E-state index is 0.322. The second-order valence-corrected chi connectivity index (χ2v) is 7.20. The number of carbonyl (C=O) groups excluding carboxylic acids is 1. The van der Waals surface area contributed by atoms with Crippen molar-refractivity contribution in [1.82, 2.24) is 4.90 Å². The highest BCUT2D eigenvalue weighted by Gasteiger charge is 2.63. The van der Waals surface area contributed by atoms with E-state index < -0.39 is 26.4 Å². The Bertz CT molecular complexity index is 457. The summed E-state index contributed by atoms with van der Waals surface area (Å²) >= 11 is 5.82. The summed E-state index contributed by atoms with van der Waals surface area (Å²) in [6.07, 6.45) is -1.39. The van der Waals surface area contributed by atoms with Crippen LogP contribution in [-0.4, -0.2) is 36.4 Å². The van der Waals surface area contributed by atoms with Gasteiger partial charge in [0.1, 0.15) is 5.70 Å². The molecule has 1 unspecified atom stereocenters. The number of amides is 1. The van der Waals surface area contributed by atoms with Crippen molar-refractivity contribution in [2.75, 3.05) is 0 Å². The van der Waals surface area contributed by atoms with Crippen LogP contribution in [0.25, 0.3) is 0 Å². The van der Waals surface area contributed by atoms with Gasteiger partial charge in [0.15, 0.2) is 0 Å². The van der Waals surface area contributed by atoms with Crippen LogP contribution in [0, 0.1) is 10.1 Å². The summed E-state index contributed by atoms with van der Waals surface area (Å²) in [5, 5.41) is 18.3. The fourth-order valence-electron chi connectivity index (χ4n) is 1.44. The number of hydrogen-bond acceptors (Lipinski definition) is 5. The molecule has 0 aromatic rings. The topological polar surface area (TPSA) is 110 Å². The molecular formula is C8H8Br2N2O6. The lowest BCUT2D eigenvalue weighted by Gasteiger charge is -2.47. The van der Waals surface area contributed by atoms with Gasteiger partial charge in [-0.15, -0.1) is 10.1 Å². The van der Waals surface area contributed by atoms with E-state index in [-0.39, 0.29) is 5.70 Å². The average Bonchev–Trinajstić information content (AvgIpc) is 2.21. The fourth-order valence-corrected chi connectivity index (χ4v) is 2.40. The number of allylic oxidation sites excluding steroid dienone is 1. The monoisotopic (exact) mass is 386 g/mol. The Labute approximate surface area is 118 Å². The summed E-state index contributed by atoms with van der Waals surface area (Å²) in [7, 11) is 0. The van der Waals surface area contributed by atoms with E-state index in [4.69, 9.17) is 5.11 Å². The van der Waals surface area contributed by atoms with Gasteiger partial charge >= 0.3 is 5.97 Å². The van der Waals surface area contributed by atoms with Crippen molar-refractivity contribution in [3.05, 3.63) is 21.4 Å². The Kier molecular flexibility index (Phi) is 4.01. The molecule has 1 aliphatic heterocycles. The van der Waals surface area contributed by atoms with Gasteiger partial charge in [-0.05, 0) is 19.4 Å². The molecule has 100 valence electrons. The molecule has 1 N–H and O–H groups in total. The molecule has 1 heterocycles. The predicted molar refractivity (Wildman–Crippen MR) is 65.3 cm³/mol. The Hall–Kier alpha value is -1.16. The molecule has 18 heavy (non-hydrogen) atoms. The van der Waals surface area contributed by atoms with Crippen LogP contribution >= 0.6 is 31.9 Å². The van der Waals surface area contributed by atoms with Gasteiger partial charge < -0.3 is 5.11 Å². The number of carbonyl (C=O) groups is 2. The van der Waals surface area contributed by atoms with E-state index in [1.54, 1.807) is 0 Å². The van der Waals surface area contributed by atoms with Crippen LogP contribution in [0.1, 0.15) is 13.8 Å². The zero-order valence-electron chi connectivity index (χ0n) is 9.22. The van der Waals surface area contributed by atoms with Crippen molar-refractivity contribution in [2.45, 2.75) is 23.3 Å². The molecular weight excluding hydrogens is 380 g/mol. The Morgan fingerprint density at radius 3 is 2.39 bits per heavy atom. The average molecular weight is 388 g/mol. The van der Waals surface area contributed by atoms with Crippen molar-refractivity contribution in [2.24, 2.45) is 0 Å². The predicted octanol–water partition coefficient (Wildman–Crippen LogP) is 1.23. The maximum atomic E-state index is 11.8. The van der Waals surface area contributed by atoms with Crippen molar-refractivity contribution in [3.63, 3.8) is 0 Å². The number of hydrogen-bond donors (Lipinski definition) is 1. The number of alkyl halides is 2. The summed E-state index contributed by atoms with van der Waals surface area (Å²) in [5.41, 5.74) is -0.0235. The second kappa shape index (κ2) is 4.84. The molecule has 1 fully saturated rings. The van der Waals surface area contributed by atoms with Crippen LogP contribution < -0.4 is 0 Å². The van der Waals surface area contributed by atoms with Crippen LogP contribution in [0.15, 0.2) is 11.3 Å². The number of likely N-dealkylation sites (tertiary alicyclic amines) is 1. The summed E-state index contributed by atoms with van der Waals surface area (Å²) in [4.78, 5) is 38.2. The molecule has 0 saturated carbocycles. The minimum atomic E-state index is -1.50. The number of β-lactam (4-membered cyclic amide) rings is 1. The van der Waals surface area contributed by atoms with Crippen molar-refractivity contribution in [1.29, 1.82) is 0 Å². The van der Waals surface area contributed by atoms with E-state index in [0.717, 1.165) is 0 Å². The first-order chi connectivity index (χ1) is 8.10. The lowest BCUT2D eigenvalue weighted by Crippen LogP contribution is -2.69. The van der Waals surface area contributed by atoms with Crippen LogP contribution in [-0.2, 0) is 14.4 Å². The molecule has 1 saturated heterocycles. The second-order valence-electron chi connectivity index (χ2n) is 3.63. The Morgan fingerprint density at radius 2 is 2.06 bits per heavy atom. The third kappa shape index (κ3) is 2.34. The molecule has 0 aliphatic carbocycles. The van der Waals surface area contributed by atoms with Gasteiger partial charge in [-0.3, -0.25) is 14.5 Å². The number of carboxylic acid groups (broad SMARTS) is 1. The fraction of sp³-hybridized carbons (Fsp3) is 0.500. The normalized spacial score (nSPS) is 21.0. The highest BCUT2D eigenvalue weighted by atomic mass is 79.9. The summed E-state index contributed by atoms with van der Waals surface area (Å²) < 4.78 is -1.50. The van der Waals surface area contributed by atoms with Gasteiger partial charge in [-0.25, -0.2) is 4.79 Å². The first-order valence-electron chi connectivity index (χ1n) is 4.54. The van der Waals surface area contributed by atoms with E-state index in [9.17, 15) is 19.7 Å². The van der Waals surface area contributed by atoms with Gasteiger partial charge in [-0.2, -0.15) is 0 Å². The number of nitrogens with zero attached hydrogens (tertiary/aromatic N) is 2. The molecule has 1 aliphatic rings. The van der Waals surface area contributed by atoms with Crippen LogP contribution in [0.2, 0.25) is 0 Å². The number of aliphatic carboxylic acids is 1. The molecule has 0 bridgehead atoms. The molecule has 8 nitrogen and oxygen atoms in total.